The zero-order chi connectivity index (χ0) is 14.8. The summed E-state index contributed by atoms with van der Waals surface area (Å²) < 4.78 is 5.19. The third kappa shape index (κ3) is 2.55. The zero-order valence-electron chi connectivity index (χ0n) is 11.7. The average molecular weight is 274 g/mol. The molecule has 0 radical (unpaired) electrons. The van der Waals surface area contributed by atoms with Crippen LogP contribution < -0.4 is 9.64 Å². The normalized spacial score (nSPS) is 22.1. The van der Waals surface area contributed by atoms with Crippen molar-refractivity contribution in [1.82, 2.24) is 0 Å². The summed E-state index contributed by atoms with van der Waals surface area (Å²) in [5, 5.41) is 18.6. The minimum atomic E-state index is -0.788. The Hall–Kier alpha value is -2.22. The molecule has 0 amide bonds. The van der Waals surface area contributed by atoms with Crippen molar-refractivity contribution in [1.29, 1.82) is 5.26 Å². The van der Waals surface area contributed by atoms with Gasteiger partial charge in [-0.15, -0.1) is 0 Å². The monoisotopic (exact) mass is 274 g/mol. The maximum Gasteiger partial charge on any atom is 0.311 e. The Kier molecular flexibility index (Phi) is 3.84. The van der Waals surface area contributed by atoms with Gasteiger partial charge in [0, 0.05) is 19.2 Å². The molecule has 2 rings (SSSR count). The summed E-state index contributed by atoms with van der Waals surface area (Å²) in [4.78, 5) is 13.4. The van der Waals surface area contributed by atoms with Gasteiger partial charge in [-0.2, -0.15) is 5.26 Å². The zero-order valence-corrected chi connectivity index (χ0v) is 11.7. The topological polar surface area (TPSA) is 73.6 Å². The molecular weight excluding hydrogens is 256 g/mol. The summed E-state index contributed by atoms with van der Waals surface area (Å²) in [6.07, 6.45) is 1.45. The smallest absolute Gasteiger partial charge is 0.311 e. The number of nitriles is 1. The fourth-order valence-electron chi connectivity index (χ4n) is 2.61. The third-order valence-electron chi connectivity index (χ3n) is 3.88. The van der Waals surface area contributed by atoms with Crippen LogP contribution in [-0.4, -0.2) is 31.3 Å². The number of carboxylic acid groups (broad SMARTS) is 1. The number of hydrogen-bond acceptors (Lipinski definition) is 4. The minimum absolute atomic E-state index is 0.407. The highest BCUT2D eigenvalue weighted by Gasteiger charge is 2.38. The number of methoxy groups -OCH3 is 1. The van der Waals surface area contributed by atoms with Gasteiger partial charge in [0.2, 0.25) is 0 Å². The lowest BCUT2D eigenvalue weighted by molar-refractivity contribution is -0.148. The Morgan fingerprint density at radius 1 is 1.55 bits per heavy atom. The molecule has 1 saturated heterocycles. The third-order valence-corrected chi connectivity index (χ3v) is 3.88. The number of carbonyl (C=O) groups is 1. The van der Waals surface area contributed by atoms with Crippen molar-refractivity contribution in [2.45, 2.75) is 19.8 Å². The van der Waals surface area contributed by atoms with Crippen molar-refractivity contribution in [2.24, 2.45) is 5.41 Å². The second-order valence-electron chi connectivity index (χ2n) is 5.39. The van der Waals surface area contributed by atoms with Crippen molar-refractivity contribution < 1.29 is 14.6 Å². The van der Waals surface area contributed by atoms with Crippen LogP contribution in [0.1, 0.15) is 25.3 Å². The van der Waals surface area contributed by atoms with Crippen LogP contribution in [0.3, 0.4) is 0 Å². The lowest BCUT2D eigenvalue weighted by Crippen LogP contribution is -2.46. The van der Waals surface area contributed by atoms with Crippen molar-refractivity contribution in [3.63, 3.8) is 0 Å². The van der Waals surface area contributed by atoms with Crippen LogP contribution in [0.15, 0.2) is 18.2 Å². The fraction of sp³-hybridized carbons (Fsp3) is 0.467. The first-order valence-electron chi connectivity index (χ1n) is 6.56. The molecule has 20 heavy (non-hydrogen) atoms. The van der Waals surface area contributed by atoms with E-state index in [0.29, 0.717) is 24.3 Å². The van der Waals surface area contributed by atoms with Gasteiger partial charge in [0.05, 0.1) is 23.8 Å². The number of ether oxygens (including phenoxy) is 1. The Bertz CT molecular complexity index is 565. The molecule has 5 nitrogen and oxygen atoms in total. The van der Waals surface area contributed by atoms with E-state index in [1.807, 2.05) is 4.90 Å². The summed E-state index contributed by atoms with van der Waals surface area (Å²) in [5.74, 6) is -0.120. The highest BCUT2D eigenvalue weighted by molar-refractivity contribution is 5.76. The highest BCUT2D eigenvalue weighted by atomic mass is 16.5. The molecule has 106 valence electrons. The van der Waals surface area contributed by atoms with Crippen molar-refractivity contribution in [2.75, 3.05) is 25.1 Å². The summed E-state index contributed by atoms with van der Waals surface area (Å²) in [6, 6.07) is 7.40. The molecule has 1 atom stereocenters. The van der Waals surface area contributed by atoms with Gasteiger partial charge in [0.15, 0.2) is 0 Å². The standard InChI is InChI=1S/C15H18N2O3/c1-15(14(18)19)6-3-7-17(10-15)13-8-12(20-2)5-4-11(13)9-16/h4-5,8H,3,6-7,10H2,1-2H3,(H,18,19). The molecule has 1 unspecified atom stereocenters. The molecule has 1 aromatic rings. The van der Waals surface area contributed by atoms with E-state index in [-0.39, 0.29) is 0 Å². The van der Waals surface area contributed by atoms with Gasteiger partial charge in [-0.3, -0.25) is 4.79 Å². The van der Waals surface area contributed by atoms with E-state index in [2.05, 4.69) is 6.07 Å². The number of rotatable bonds is 3. The molecule has 1 aliphatic rings. The highest BCUT2D eigenvalue weighted by Crippen LogP contribution is 2.35. The lowest BCUT2D eigenvalue weighted by Gasteiger charge is -2.39. The number of nitrogens with zero attached hydrogens (tertiary/aromatic N) is 2. The van der Waals surface area contributed by atoms with E-state index in [4.69, 9.17) is 4.74 Å². The largest absolute Gasteiger partial charge is 0.497 e. The van der Waals surface area contributed by atoms with Gasteiger partial charge >= 0.3 is 5.97 Å². The second kappa shape index (κ2) is 5.41. The number of benzene rings is 1. The second-order valence-corrected chi connectivity index (χ2v) is 5.39. The van der Waals surface area contributed by atoms with Gasteiger partial charge in [0.25, 0.3) is 0 Å². The summed E-state index contributed by atoms with van der Waals surface area (Å²) in [5.41, 5.74) is 0.521. The molecular formula is C15H18N2O3. The maximum absolute atomic E-state index is 11.4. The molecule has 1 fully saturated rings. The van der Waals surface area contributed by atoms with E-state index in [1.54, 1.807) is 32.2 Å². The van der Waals surface area contributed by atoms with Gasteiger partial charge in [0.1, 0.15) is 11.8 Å². The van der Waals surface area contributed by atoms with E-state index in [1.165, 1.54) is 0 Å². The van der Waals surface area contributed by atoms with Gasteiger partial charge in [-0.05, 0) is 31.9 Å². The van der Waals surface area contributed by atoms with Gasteiger partial charge in [-0.1, -0.05) is 0 Å². The maximum atomic E-state index is 11.4. The summed E-state index contributed by atoms with van der Waals surface area (Å²) in [6.45, 7) is 2.92. The quantitative estimate of drug-likeness (QED) is 0.915. The predicted octanol–water partition coefficient (Wildman–Crippen LogP) is 2.26. The van der Waals surface area contributed by atoms with E-state index in [9.17, 15) is 15.2 Å². The van der Waals surface area contributed by atoms with Crippen LogP contribution >= 0.6 is 0 Å². The Balaban J connectivity index is 2.36. The van der Waals surface area contributed by atoms with Crippen LogP contribution in [0.25, 0.3) is 0 Å². The van der Waals surface area contributed by atoms with Crippen molar-refractivity contribution in [3.8, 4) is 11.8 Å². The molecule has 1 heterocycles. The Morgan fingerprint density at radius 3 is 2.90 bits per heavy atom. The first-order valence-corrected chi connectivity index (χ1v) is 6.56. The van der Waals surface area contributed by atoms with E-state index < -0.39 is 11.4 Å². The molecule has 1 aromatic carbocycles. The number of hydrogen-bond donors (Lipinski definition) is 1. The lowest BCUT2D eigenvalue weighted by atomic mass is 9.81. The van der Waals surface area contributed by atoms with Crippen LogP contribution in [0.4, 0.5) is 5.69 Å². The number of anilines is 1. The molecule has 0 saturated carbocycles. The molecule has 5 heteroatoms. The van der Waals surface area contributed by atoms with Crippen molar-refractivity contribution in [3.05, 3.63) is 23.8 Å². The van der Waals surface area contributed by atoms with Crippen molar-refractivity contribution >= 4 is 11.7 Å². The summed E-state index contributed by atoms with van der Waals surface area (Å²) >= 11 is 0. The van der Waals surface area contributed by atoms with Crippen LogP contribution in [0.5, 0.6) is 5.75 Å². The van der Waals surface area contributed by atoms with Gasteiger partial charge < -0.3 is 14.7 Å². The number of carboxylic acids is 1. The SMILES string of the molecule is COc1ccc(C#N)c(N2CCCC(C)(C(=O)O)C2)c1. The molecule has 0 bridgehead atoms. The molecule has 1 N–H and O–H groups in total. The molecule has 1 aliphatic heterocycles. The minimum Gasteiger partial charge on any atom is -0.497 e. The van der Waals surface area contributed by atoms with Crippen LogP contribution in [-0.2, 0) is 4.79 Å². The average Bonchev–Trinajstić information content (AvgIpc) is 2.46. The molecule has 0 aliphatic carbocycles. The Labute approximate surface area is 118 Å². The van der Waals surface area contributed by atoms with Crippen LogP contribution in [0, 0.1) is 16.7 Å². The fourth-order valence-corrected chi connectivity index (χ4v) is 2.61. The summed E-state index contributed by atoms with van der Waals surface area (Å²) in [7, 11) is 1.57. The first kappa shape index (κ1) is 14.2. The van der Waals surface area contributed by atoms with E-state index in [0.717, 1.165) is 18.7 Å². The molecule has 0 spiro atoms. The number of aliphatic carboxylic acids is 1. The van der Waals surface area contributed by atoms with E-state index >= 15 is 0 Å². The Morgan fingerprint density at radius 2 is 2.30 bits per heavy atom. The number of piperidine rings is 1. The van der Waals surface area contributed by atoms with Gasteiger partial charge in [-0.25, -0.2) is 0 Å². The predicted molar refractivity (Wildman–Crippen MR) is 74.9 cm³/mol. The first-order chi connectivity index (χ1) is 9.50. The van der Waals surface area contributed by atoms with Crippen LogP contribution in [0.2, 0.25) is 0 Å². The molecule has 0 aromatic heterocycles.